The highest BCUT2D eigenvalue weighted by molar-refractivity contribution is 7.89. The molecule has 0 radical (unpaired) electrons. The quantitative estimate of drug-likeness (QED) is 0.808. The van der Waals surface area contributed by atoms with E-state index >= 15 is 0 Å². The second-order valence-electron chi connectivity index (χ2n) is 5.06. The van der Waals surface area contributed by atoms with Crippen LogP contribution in [0.25, 0.3) is 0 Å². The van der Waals surface area contributed by atoms with Gasteiger partial charge in [-0.2, -0.15) is 0 Å². The van der Waals surface area contributed by atoms with E-state index in [0.717, 1.165) is 12.1 Å². The summed E-state index contributed by atoms with van der Waals surface area (Å²) in [5.41, 5.74) is 0.979. The number of sulfonamides is 1. The first kappa shape index (κ1) is 14.2. The molecule has 1 fully saturated rings. The molecule has 0 aliphatic heterocycles. The van der Waals surface area contributed by atoms with E-state index in [9.17, 15) is 8.42 Å². The minimum absolute atomic E-state index is 0.0178. The van der Waals surface area contributed by atoms with Gasteiger partial charge < -0.3 is 9.73 Å². The van der Waals surface area contributed by atoms with Crippen molar-refractivity contribution in [2.24, 2.45) is 0 Å². The maximum atomic E-state index is 12.1. The van der Waals surface area contributed by atoms with Gasteiger partial charge in [0, 0.05) is 18.8 Å². The van der Waals surface area contributed by atoms with Gasteiger partial charge in [0.05, 0.1) is 12.8 Å². The Balaban J connectivity index is 1.61. The van der Waals surface area contributed by atoms with Crippen molar-refractivity contribution >= 4 is 10.0 Å². The molecule has 2 aromatic heterocycles. The van der Waals surface area contributed by atoms with E-state index in [-0.39, 0.29) is 11.6 Å². The third kappa shape index (κ3) is 3.90. The van der Waals surface area contributed by atoms with E-state index in [1.54, 1.807) is 24.4 Å². The number of nitrogens with one attached hydrogen (secondary N) is 2. The fraction of sp³-hybridized carbons (Fsp3) is 0.357. The predicted octanol–water partition coefficient (Wildman–Crippen LogP) is 1.41. The summed E-state index contributed by atoms with van der Waals surface area (Å²) in [5, 5.41) is 3.38. The van der Waals surface area contributed by atoms with Crippen LogP contribution >= 0.6 is 0 Å². The third-order valence-corrected chi connectivity index (χ3v) is 4.58. The number of rotatable bonds is 7. The Morgan fingerprint density at radius 1 is 1.24 bits per heavy atom. The molecule has 1 aliphatic rings. The molecule has 2 heterocycles. The van der Waals surface area contributed by atoms with Gasteiger partial charge in [-0.1, -0.05) is 6.07 Å². The van der Waals surface area contributed by atoms with Crippen LogP contribution in [0.5, 0.6) is 0 Å². The molecule has 0 atom stereocenters. The number of hydrogen-bond donors (Lipinski definition) is 2. The van der Waals surface area contributed by atoms with Gasteiger partial charge in [-0.15, -0.1) is 0 Å². The zero-order valence-corrected chi connectivity index (χ0v) is 12.3. The Morgan fingerprint density at radius 2 is 2.10 bits per heavy atom. The van der Waals surface area contributed by atoms with Crippen LogP contribution in [0.1, 0.15) is 24.2 Å². The fourth-order valence-electron chi connectivity index (χ4n) is 1.88. The van der Waals surface area contributed by atoms with Crippen molar-refractivity contribution in [1.29, 1.82) is 0 Å². The molecule has 0 saturated heterocycles. The first-order valence-corrected chi connectivity index (χ1v) is 8.32. The van der Waals surface area contributed by atoms with Crippen LogP contribution in [0.15, 0.2) is 46.2 Å². The summed E-state index contributed by atoms with van der Waals surface area (Å²) < 4.78 is 31.7. The zero-order valence-electron chi connectivity index (χ0n) is 11.5. The number of furan rings is 1. The molecule has 3 rings (SSSR count). The summed E-state index contributed by atoms with van der Waals surface area (Å²) in [6, 6.07) is 7.34. The van der Waals surface area contributed by atoms with Crippen LogP contribution in [0.3, 0.4) is 0 Å². The summed E-state index contributed by atoms with van der Waals surface area (Å²) in [7, 11) is -3.61. The molecule has 2 N–H and O–H groups in total. The zero-order chi connectivity index (χ0) is 14.7. The van der Waals surface area contributed by atoms with Crippen LogP contribution in [0.4, 0.5) is 0 Å². The lowest BCUT2D eigenvalue weighted by Crippen LogP contribution is -2.24. The normalized spacial score (nSPS) is 15.2. The van der Waals surface area contributed by atoms with Crippen molar-refractivity contribution in [3.63, 3.8) is 0 Å². The topological polar surface area (TPSA) is 84.2 Å². The lowest BCUT2D eigenvalue weighted by atomic mass is 10.3. The van der Waals surface area contributed by atoms with Crippen molar-refractivity contribution in [2.45, 2.75) is 37.0 Å². The van der Waals surface area contributed by atoms with Crippen LogP contribution in [0, 0.1) is 0 Å². The Morgan fingerprint density at radius 3 is 2.71 bits per heavy atom. The van der Waals surface area contributed by atoms with Crippen molar-refractivity contribution in [3.05, 3.63) is 48.0 Å². The van der Waals surface area contributed by atoms with Gasteiger partial charge in [0.25, 0.3) is 10.0 Å². The Kier molecular flexibility index (Phi) is 4.05. The molecular weight excluding hydrogens is 290 g/mol. The monoisotopic (exact) mass is 307 g/mol. The Bertz CT molecular complexity index is 677. The first-order valence-electron chi connectivity index (χ1n) is 6.84. The number of pyridine rings is 1. The summed E-state index contributed by atoms with van der Waals surface area (Å²) in [6.45, 7) is 0.833. The summed E-state index contributed by atoms with van der Waals surface area (Å²) >= 11 is 0. The van der Waals surface area contributed by atoms with Crippen molar-refractivity contribution in [3.8, 4) is 0 Å². The minimum atomic E-state index is -3.61. The van der Waals surface area contributed by atoms with Gasteiger partial charge in [-0.25, -0.2) is 18.1 Å². The highest BCUT2D eigenvalue weighted by Crippen LogP contribution is 2.19. The van der Waals surface area contributed by atoms with E-state index in [0.29, 0.717) is 11.8 Å². The highest BCUT2D eigenvalue weighted by Gasteiger charge is 2.20. The number of nitrogens with zero attached hydrogens (tertiary/aromatic N) is 1. The largest absolute Gasteiger partial charge is 0.468 e. The first-order chi connectivity index (χ1) is 10.1. The van der Waals surface area contributed by atoms with Gasteiger partial charge in [-0.3, -0.25) is 0 Å². The van der Waals surface area contributed by atoms with E-state index in [4.69, 9.17) is 4.42 Å². The minimum Gasteiger partial charge on any atom is -0.468 e. The molecule has 2 aromatic rings. The van der Waals surface area contributed by atoms with Gasteiger partial charge in [0.2, 0.25) is 0 Å². The second-order valence-corrected chi connectivity index (χ2v) is 6.78. The van der Waals surface area contributed by atoms with Crippen molar-refractivity contribution in [2.75, 3.05) is 0 Å². The van der Waals surface area contributed by atoms with E-state index in [2.05, 4.69) is 15.0 Å². The summed E-state index contributed by atoms with van der Waals surface area (Å²) in [5.74, 6) is 0.559. The van der Waals surface area contributed by atoms with Crippen molar-refractivity contribution < 1.29 is 12.8 Å². The molecule has 0 aromatic carbocycles. The fourth-order valence-corrected chi connectivity index (χ4v) is 2.80. The Labute approximate surface area is 123 Å². The summed E-state index contributed by atoms with van der Waals surface area (Å²) in [4.78, 5) is 4.03. The Hall–Kier alpha value is -1.70. The van der Waals surface area contributed by atoms with Crippen molar-refractivity contribution in [1.82, 2.24) is 15.0 Å². The maximum Gasteiger partial charge on any atom is 0.258 e. The molecule has 112 valence electrons. The smallest absolute Gasteiger partial charge is 0.258 e. The molecule has 1 saturated carbocycles. The molecule has 0 spiro atoms. The lowest BCUT2D eigenvalue weighted by Gasteiger charge is -2.06. The SMILES string of the molecule is O=S(=O)(NCc1ccco1)c1ccc(CNC2CC2)cn1. The third-order valence-electron chi connectivity index (χ3n) is 3.26. The highest BCUT2D eigenvalue weighted by atomic mass is 32.2. The molecule has 7 heteroatoms. The molecule has 21 heavy (non-hydrogen) atoms. The van der Waals surface area contributed by atoms with E-state index in [1.807, 2.05) is 0 Å². The van der Waals surface area contributed by atoms with Gasteiger partial charge in [-0.05, 0) is 36.6 Å². The van der Waals surface area contributed by atoms with Crippen LogP contribution in [-0.2, 0) is 23.1 Å². The summed E-state index contributed by atoms with van der Waals surface area (Å²) in [6.07, 6.45) is 5.54. The molecule has 0 amide bonds. The number of aromatic nitrogens is 1. The van der Waals surface area contributed by atoms with Gasteiger partial charge in [0.1, 0.15) is 5.76 Å². The average Bonchev–Trinajstić information content (AvgIpc) is 3.17. The van der Waals surface area contributed by atoms with E-state index < -0.39 is 10.0 Å². The lowest BCUT2D eigenvalue weighted by molar-refractivity contribution is 0.498. The van der Waals surface area contributed by atoms with E-state index in [1.165, 1.54) is 25.2 Å². The molecule has 0 bridgehead atoms. The average molecular weight is 307 g/mol. The number of hydrogen-bond acceptors (Lipinski definition) is 5. The molecular formula is C14H17N3O3S. The standard InChI is InChI=1S/C14H17N3O3S/c18-21(19,17-10-13-2-1-7-20-13)14-6-3-11(9-16-14)8-15-12-4-5-12/h1-3,6-7,9,12,15,17H,4-5,8,10H2. The van der Waals surface area contributed by atoms with Gasteiger partial charge >= 0.3 is 0 Å². The predicted molar refractivity (Wildman–Crippen MR) is 76.8 cm³/mol. The van der Waals surface area contributed by atoms with Crippen LogP contribution < -0.4 is 10.0 Å². The van der Waals surface area contributed by atoms with Crippen LogP contribution in [-0.4, -0.2) is 19.4 Å². The maximum absolute atomic E-state index is 12.1. The van der Waals surface area contributed by atoms with Gasteiger partial charge in [0.15, 0.2) is 5.03 Å². The molecule has 6 nitrogen and oxygen atoms in total. The molecule has 0 unspecified atom stereocenters. The molecule has 1 aliphatic carbocycles. The second kappa shape index (κ2) is 5.97. The van der Waals surface area contributed by atoms with Crippen LogP contribution in [0.2, 0.25) is 0 Å².